The van der Waals surface area contributed by atoms with Crippen LogP contribution in [0.4, 0.5) is 11.6 Å². The molecule has 0 aliphatic carbocycles. The molecule has 0 aromatic carbocycles. The van der Waals surface area contributed by atoms with Crippen molar-refractivity contribution in [3.05, 3.63) is 36.0 Å². The summed E-state index contributed by atoms with van der Waals surface area (Å²) in [4.78, 5) is 28.3. The van der Waals surface area contributed by atoms with Crippen LogP contribution in [-0.4, -0.2) is 60.0 Å². The molecule has 0 radical (unpaired) electrons. The Morgan fingerprint density at radius 3 is 2.15 bits per heavy atom. The maximum Gasteiger partial charge on any atom is 0.289 e. The van der Waals surface area contributed by atoms with Gasteiger partial charge in [0.05, 0.1) is 6.26 Å². The highest BCUT2D eigenvalue weighted by Crippen LogP contribution is 2.23. The van der Waals surface area contributed by atoms with Gasteiger partial charge in [-0.3, -0.25) is 4.79 Å². The van der Waals surface area contributed by atoms with Gasteiger partial charge in [-0.05, 0) is 31.9 Å². The van der Waals surface area contributed by atoms with Crippen molar-refractivity contribution in [3.63, 3.8) is 0 Å². The monoisotopic (exact) mass is 369 g/mol. The molecule has 144 valence electrons. The lowest BCUT2D eigenvalue weighted by Gasteiger charge is -2.35. The van der Waals surface area contributed by atoms with Crippen molar-refractivity contribution in [2.24, 2.45) is 0 Å². The van der Waals surface area contributed by atoms with E-state index in [1.807, 2.05) is 11.8 Å². The van der Waals surface area contributed by atoms with E-state index in [-0.39, 0.29) is 5.91 Å². The molecule has 2 aromatic rings. The second-order valence-corrected chi connectivity index (χ2v) is 7.29. The molecule has 0 unspecified atom stereocenters. The average Bonchev–Trinajstić information content (AvgIpc) is 3.09. The standard InChI is InChI=1S/C20H27N5O2/c1-16-21-18(23-8-4-2-3-5-9-23)15-19(22-16)24-10-12-25(13-11-24)20(26)17-7-6-14-27-17/h6-7,14-15H,2-5,8-13H2,1H3. The van der Waals surface area contributed by atoms with Crippen LogP contribution in [0.5, 0.6) is 0 Å². The number of rotatable bonds is 3. The lowest BCUT2D eigenvalue weighted by molar-refractivity contribution is 0.0714. The summed E-state index contributed by atoms with van der Waals surface area (Å²) in [5.74, 6) is 3.18. The minimum absolute atomic E-state index is 0.0382. The predicted octanol–water partition coefficient (Wildman–Crippen LogP) is 2.72. The third kappa shape index (κ3) is 4.07. The lowest BCUT2D eigenvalue weighted by Crippen LogP contribution is -2.49. The van der Waals surface area contributed by atoms with Crippen molar-refractivity contribution in [2.45, 2.75) is 32.6 Å². The van der Waals surface area contributed by atoms with E-state index in [1.165, 1.54) is 31.9 Å². The number of aryl methyl sites for hydroxylation is 1. The van der Waals surface area contributed by atoms with Crippen LogP contribution < -0.4 is 9.80 Å². The molecule has 2 aromatic heterocycles. The van der Waals surface area contributed by atoms with E-state index in [0.717, 1.165) is 43.6 Å². The molecule has 0 saturated carbocycles. The quantitative estimate of drug-likeness (QED) is 0.829. The molecule has 2 aliphatic rings. The normalized spacial score (nSPS) is 18.5. The van der Waals surface area contributed by atoms with Gasteiger partial charge in [-0.15, -0.1) is 0 Å². The van der Waals surface area contributed by atoms with Gasteiger partial charge >= 0.3 is 0 Å². The molecule has 7 heteroatoms. The Morgan fingerprint density at radius 1 is 0.926 bits per heavy atom. The van der Waals surface area contributed by atoms with Gasteiger partial charge in [0, 0.05) is 45.3 Å². The molecule has 2 saturated heterocycles. The van der Waals surface area contributed by atoms with E-state index in [4.69, 9.17) is 4.42 Å². The summed E-state index contributed by atoms with van der Waals surface area (Å²) in [6.45, 7) is 6.97. The minimum atomic E-state index is -0.0382. The van der Waals surface area contributed by atoms with E-state index in [1.54, 1.807) is 12.1 Å². The Bertz CT molecular complexity index is 761. The van der Waals surface area contributed by atoms with Crippen molar-refractivity contribution in [1.82, 2.24) is 14.9 Å². The Morgan fingerprint density at radius 2 is 1.56 bits per heavy atom. The Balaban J connectivity index is 1.44. The average molecular weight is 369 g/mol. The summed E-state index contributed by atoms with van der Waals surface area (Å²) in [5, 5.41) is 0. The summed E-state index contributed by atoms with van der Waals surface area (Å²) in [6, 6.07) is 5.58. The number of anilines is 2. The van der Waals surface area contributed by atoms with Crippen LogP contribution in [0, 0.1) is 6.92 Å². The molecule has 2 aliphatic heterocycles. The number of nitrogens with zero attached hydrogens (tertiary/aromatic N) is 5. The first-order valence-corrected chi connectivity index (χ1v) is 9.89. The zero-order valence-corrected chi connectivity index (χ0v) is 15.9. The Labute approximate surface area is 160 Å². The lowest BCUT2D eigenvalue weighted by atomic mass is 10.2. The fourth-order valence-corrected chi connectivity index (χ4v) is 3.86. The van der Waals surface area contributed by atoms with E-state index in [9.17, 15) is 4.79 Å². The van der Waals surface area contributed by atoms with Crippen LogP contribution in [0.2, 0.25) is 0 Å². The number of piperazine rings is 1. The van der Waals surface area contributed by atoms with Crippen LogP contribution in [0.15, 0.2) is 28.9 Å². The number of carbonyl (C=O) groups is 1. The number of amides is 1. The fourth-order valence-electron chi connectivity index (χ4n) is 3.86. The summed E-state index contributed by atoms with van der Waals surface area (Å²) < 4.78 is 5.24. The van der Waals surface area contributed by atoms with Gasteiger partial charge in [0.2, 0.25) is 0 Å². The molecule has 0 bridgehead atoms. The summed E-state index contributed by atoms with van der Waals surface area (Å²) in [7, 11) is 0. The van der Waals surface area contributed by atoms with Gasteiger partial charge in [0.1, 0.15) is 17.5 Å². The predicted molar refractivity (Wildman–Crippen MR) is 104 cm³/mol. The van der Waals surface area contributed by atoms with Crippen molar-refractivity contribution in [3.8, 4) is 0 Å². The first-order chi connectivity index (χ1) is 13.2. The van der Waals surface area contributed by atoms with E-state index >= 15 is 0 Å². The zero-order chi connectivity index (χ0) is 18.6. The van der Waals surface area contributed by atoms with Gasteiger partial charge in [-0.25, -0.2) is 9.97 Å². The topological polar surface area (TPSA) is 65.7 Å². The van der Waals surface area contributed by atoms with Gasteiger partial charge in [-0.2, -0.15) is 0 Å². The van der Waals surface area contributed by atoms with Crippen molar-refractivity contribution in [2.75, 3.05) is 49.1 Å². The van der Waals surface area contributed by atoms with Crippen LogP contribution in [0.25, 0.3) is 0 Å². The molecular weight excluding hydrogens is 342 g/mol. The number of furan rings is 1. The highest BCUT2D eigenvalue weighted by Gasteiger charge is 2.25. The van der Waals surface area contributed by atoms with E-state index < -0.39 is 0 Å². The molecule has 0 N–H and O–H groups in total. The van der Waals surface area contributed by atoms with Crippen molar-refractivity contribution in [1.29, 1.82) is 0 Å². The molecule has 27 heavy (non-hydrogen) atoms. The molecule has 1 amide bonds. The van der Waals surface area contributed by atoms with Crippen molar-refractivity contribution >= 4 is 17.5 Å². The molecular formula is C20H27N5O2. The molecule has 4 heterocycles. The highest BCUT2D eigenvalue weighted by atomic mass is 16.3. The van der Waals surface area contributed by atoms with Crippen LogP contribution in [0.3, 0.4) is 0 Å². The molecule has 0 spiro atoms. The number of aromatic nitrogens is 2. The van der Waals surface area contributed by atoms with Gasteiger partial charge < -0.3 is 19.1 Å². The number of hydrogen-bond acceptors (Lipinski definition) is 6. The second-order valence-electron chi connectivity index (χ2n) is 7.29. The number of hydrogen-bond donors (Lipinski definition) is 0. The first kappa shape index (κ1) is 17.8. The van der Waals surface area contributed by atoms with Crippen LogP contribution >= 0.6 is 0 Å². The minimum Gasteiger partial charge on any atom is -0.459 e. The third-order valence-electron chi connectivity index (χ3n) is 5.36. The Hall–Kier alpha value is -2.57. The zero-order valence-electron chi connectivity index (χ0n) is 15.9. The van der Waals surface area contributed by atoms with E-state index in [0.29, 0.717) is 18.8 Å². The molecule has 2 fully saturated rings. The smallest absolute Gasteiger partial charge is 0.289 e. The van der Waals surface area contributed by atoms with Crippen molar-refractivity contribution < 1.29 is 9.21 Å². The maximum absolute atomic E-state index is 12.4. The van der Waals surface area contributed by atoms with Crippen LogP contribution in [0.1, 0.15) is 42.1 Å². The molecule has 7 nitrogen and oxygen atoms in total. The fraction of sp³-hybridized carbons (Fsp3) is 0.550. The SMILES string of the molecule is Cc1nc(N2CCCCCC2)cc(N2CCN(C(=O)c3ccco3)CC2)n1. The summed E-state index contributed by atoms with van der Waals surface area (Å²) >= 11 is 0. The van der Waals surface area contributed by atoms with Gasteiger partial charge in [0.25, 0.3) is 5.91 Å². The van der Waals surface area contributed by atoms with Gasteiger partial charge in [0.15, 0.2) is 5.76 Å². The Kier molecular flexibility index (Phi) is 5.27. The number of carbonyl (C=O) groups excluding carboxylic acids is 1. The first-order valence-electron chi connectivity index (χ1n) is 9.89. The maximum atomic E-state index is 12.4. The van der Waals surface area contributed by atoms with Gasteiger partial charge in [-0.1, -0.05) is 12.8 Å². The van der Waals surface area contributed by atoms with Crippen LogP contribution in [-0.2, 0) is 0 Å². The second kappa shape index (κ2) is 7.98. The summed E-state index contributed by atoms with van der Waals surface area (Å²) in [5.41, 5.74) is 0. The highest BCUT2D eigenvalue weighted by molar-refractivity contribution is 5.91. The third-order valence-corrected chi connectivity index (χ3v) is 5.36. The molecule has 0 atom stereocenters. The summed E-state index contributed by atoms with van der Waals surface area (Å²) in [6.07, 6.45) is 6.60. The molecule has 4 rings (SSSR count). The van der Waals surface area contributed by atoms with E-state index in [2.05, 4.69) is 25.8 Å². The largest absolute Gasteiger partial charge is 0.459 e.